The van der Waals surface area contributed by atoms with Crippen molar-refractivity contribution >= 4 is 0 Å². The molecule has 1 rings (SSSR count). The number of likely N-dealkylation sites (N-methyl/N-ethyl adjacent to an activating group) is 1. The van der Waals surface area contributed by atoms with Gasteiger partial charge in [0.2, 0.25) is 5.95 Å². The first-order valence-electron chi connectivity index (χ1n) is 4.84. The zero-order valence-electron chi connectivity index (χ0n) is 9.26. The van der Waals surface area contributed by atoms with Gasteiger partial charge < -0.3 is 5.32 Å². The molecule has 0 aromatic carbocycles. The van der Waals surface area contributed by atoms with Gasteiger partial charge in [0.25, 0.3) is 0 Å². The van der Waals surface area contributed by atoms with Gasteiger partial charge in [0.1, 0.15) is 0 Å². The van der Waals surface area contributed by atoms with E-state index in [9.17, 15) is 4.39 Å². The second-order valence-corrected chi connectivity index (χ2v) is 4.40. The Balaban J connectivity index is 2.86. The molecule has 14 heavy (non-hydrogen) atoms. The molecule has 1 aromatic heterocycles. The zero-order valence-corrected chi connectivity index (χ0v) is 9.26. The van der Waals surface area contributed by atoms with E-state index in [0.717, 1.165) is 6.54 Å². The molecule has 0 atom stereocenters. The second-order valence-electron chi connectivity index (χ2n) is 4.40. The van der Waals surface area contributed by atoms with Crippen molar-refractivity contribution in [2.45, 2.75) is 32.7 Å². The minimum absolute atomic E-state index is 0.215. The summed E-state index contributed by atoms with van der Waals surface area (Å²) in [7, 11) is 1.85. The average Bonchev–Trinajstić information content (AvgIpc) is 2.42. The summed E-state index contributed by atoms with van der Waals surface area (Å²) in [6.45, 7) is 6.58. The van der Waals surface area contributed by atoms with E-state index in [4.69, 9.17) is 0 Å². The highest BCUT2D eigenvalue weighted by Gasteiger charge is 2.20. The first-order chi connectivity index (χ1) is 6.46. The fraction of sp³-hybridized carbons (Fsp3) is 0.700. The SMILES string of the molecule is CNCCc1cnn(C(C)(C)C)c1F. The minimum atomic E-state index is -0.290. The van der Waals surface area contributed by atoms with Crippen molar-refractivity contribution < 1.29 is 4.39 Å². The Kier molecular flexibility index (Phi) is 3.26. The summed E-state index contributed by atoms with van der Waals surface area (Å²) < 4.78 is 15.2. The molecule has 0 aliphatic rings. The van der Waals surface area contributed by atoms with Crippen molar-refractivity contribution in [3.63, 3.8) is 0 Å². The molecule has 0 aliphatic heterocycles. The number of nitrogens with zero attached hydrogens (tertiary/aromatic N) is 2. The van der Waals surface area contributed by atoms with Gasteiger partial charge in [-0.1, -0.05) is 0 Å². The fourth-order valence-electron chi connectivity index (χ4n) is 1.26. The molecule has 80 valence electrons. The van der Waals surface area contributed by atoms with Gasteiger partial charge in [-0.25, -0.2) is 4.68 Å². The Morgan fingerprint density at radius 1 is 1.50 bits per heavy atom. The van der Waals surface area contributed by atoms with Crippen LogP contribution in [0.2, 0.25) is 0 Å². The number of hydrogen-bond donors (Lipinski definition) is 1. The molecule has 0 spiro atoms. The molecule has 0 unspecified atom stereocenters. The lowest BCUT2D eigenvalue weighted by Crippen LogP contribution is -2.25. The van der Waals surface area contributed by atoms with E-state index in [0.29, 0.717) is 12.0 Å². The average molecular weight is 199 g/mol. The standard InChI is InChI=1S/C10H18FN3/c1-10(2,3)14-9(11)8(7-13-14)5-6-12-4/h7,12H,5-6H2,1-4H3. The molecule has 0 radical (unpaired) electrons. The molecule has 1 heterocycles. The van der Waals surface area contributed by atoms with E-state index in [-0.39, 0.29) is 11.5 Å². The molecule has 0 bridgehead atoms. The highest BCUT2D eigenvalue weighted by Crippen LogP contribution is 2.17. The van der Waals surface area contributed by atoms with Crippen LogP contribution in [-0.4, -0.2) is 23.4 Å². The van der Waals surface area contributed by atoms with Crippen molar-refractivity contribution in [3.05, 3.63) is 17.7 Å². The second kappa shape index (κ2) is 4.09. The van der Waals surface area contributed by atoms with Crippen molar-refractivity contribution in [1.82, 2.24) is 15.1 Å². The molecule has 0 amide bonds. The molecule has 0 fully saturated rings. The van der Waals surface area contributed by atoms with E-state index < -0.39 is 0 Å². The van der Waals surface area contributed by atoms with Crippen LogP contribution < -0.4 is 5.32 Å². The van der Waals surface area contributed by atoms with E-state index in [2.05, 4.69) is 10.4 Å². The first-order valence-corrected chi connectivity index (χ1v) is 4.84. The van der Waals surface area contributed by atoms with Crippen molar-refractivity contribution in [2.24, 2.45) is 0 Å². The molecule has 0 saturated heterocycles. The van der Waals surface area contributed by atoms with Gasteiger partial charge in [-0.05, 0) is 40.8 Å². The largest absolute Gasteiger partial charge is 0.319 e. The first kappa shape index (κ1) is 11.2. The van der Waals surface area contributed by atoms with Crippen molar-refractivity contribution in [1.29, 1.82) is 0 Å². The predicted molar refractivity (Wildman–Crippen MR) is 54.8 cm³/mol. The molecule has 1 N–H and O–H groups in total. The van der Waals surface area contributed by atoms with E-state index >= 15 is 0 Å². The third-order valence-corrected chi connectivity index (χ3v) is 2.06. The smallest absolute Gasteiger partial charge is 0.215 e. The highest BCUT2D eigenvalue weighted by molar-refractivity contribution is 5.08. The van der Waals surface area contributed by atoms with Crippen LogP contribution in [0.3, 0.4) is 0 Å². The maximum Gasteiger partial charge on any atom is 0.215 e. The Morgan fingerprint density at radius 2 is 2.14 bits per heavy atom. The maximum absolute atomic E-state index is 13.7. The molecule has 0 aliphatic carbocycles. The van der Waals surface area contributed by atoms with Crippen LogP contribution in [0.25, 0.3) is 0 Å². The Bertz CT molecular complexity index is 299. The Morgan fingerprint density at radius 3 is 2.57 bits per heavy atom. The molecule has 3 nitrogen and oxygen atoms in total. The third-order valence-electron chi connectivity index (χ3n) is 2.06. The number of aromatic nitrogens is 2. The summed E-state index contributed by atoms with van der Waals surface area (Å²) >= 11 is 0. The summed E-state index contributed by atoms with van der Waals surface area (Å²) in [5.74, 6) is -0.215. The minimum Gasteiger partial charge on any atom is -0.319 e. The summed E-state index contributed by atoms with van der Waals surface area (Å²) in [6.07, 6.45) is 2.29. The van der Waals surface area contributed by atoms with Crippen LogP contribution in [-0.2, 0) is 12.0 Å². The Hall–Kier alpha value is -0.900. The van der Waals surface area contributed by atoms with Gasteiger partial charge in [0.05, 0.1) is 11.7 Å². The predicted octanol–water partition coefficient (Wildman–Crippen LogP) is 1.54. The lowest BCUT2D eigenvalue weighted by atomic mass is 10.1. The van der Waals surface area contributed by atoms with Gasteiger partial charge >= 0.3 is 0 Å². The fourth-order valence-corrected chi connectivity index (χ4v) is 1.26. The number of halogens is 1. The number of rotatable bonds is 3. The van der Waals surface area contributed by atoms with E-state index in [1.54, 1.807) is 6.20 Å². The topological polar surface area (TPSA) is 29.9 Å². The lowest BCUT2D eigenvalue weighted by Gasteiger charge is -2.19. The molecule has 0 saturated carbocycles. The normalized spacial score (nSPS) is 12.1. The van der Waals surface area contributed by atoms with Gasteiger partial charge in [-0.15, -0.1) is 0 Å². The zero-order chi connectivity index (χ0) is 10.8. The van der Waals surface area contributed by atoms with Crippen LogP contribution in [0, 0.1) is 5.95 Å². The van der Waals surface area contributed by atoms with Gasteiger partial charge in [0.15, 0.2) is 0 Å². The quantitative estimate of drug-likeness (QED) is 0.800. The van der Waals surface area contributed by atoms with Crippen molar-refractivity contribution in [3.8, 4) is 0 Å². The van der Waals surface area contributed by atoms with Crippen LogP contribution >= 0.6 is 0 Å². The van der Waals surface area contributed by atoms with E-state index in [1.165, 1.54) is 4.68 Å². The molecular weight excluding hydrogens is 181 g/mol. The highest BCUT2D eigenvalue weighted by atomic mass is 19.1. The molecular formula is C10H18FN3. The van der Waals surface area contributed by atoms with Gasteiger partial charge in [0, 0.05) is 5.56 Å². The summed E-state index contributed by atoms with van der Waals surface area (Å²) in [4.78, 5) is 0. The summed E-state index contributed by atoms with van der Waals surface area (Å²) in [5, 5.41) is 7.04. The van der Waals surface area contributed by atoms with Crippen LogP contribution in [0.15, 0.2) is 6.20 Å². The van der Waals surface area contributed by atoms with Crippen LogP contribution in [0.1, 0.15) is 26.3 Å². The summed E-state index contributed by atoms with van der Waals surface area (Å²) in [5.41, 5.74) is 0.386. The third kappa shape index (κ3) is 2.32. The summed E-state index contributed by atoms with van der Waals surface area (Å²) in [6, 6.07) is 0. The lowest BCUT2D eigenvalue weighted by molar-refractivity contribution is 0.297. The van der Waals surface area contributed by atoms with Crippen LogP contribution in [0.4, 0.5) is 4.39 Å². The number of nitrogens with one attached hydrogen (secondary N) is 1. The van der Waals surface area contributed by atoms with Gasteiger partial charge in [-0.3, -0.25) is 0 Å². The van der Waals surface area contributed by atoms with Crippen molar-refractivity contribution in [2.75, 3.05) is 13.6 Å². The number of hydrogen-bond acceptors (Lipinski definition) is 2. The van der Waals surface area contributed by atoms with Crippen LogP contribution in [0.5, 0.6) is 0 Å². The molecule has 1 aromatic rings. The Labute approximate surface area is 84.3 Å². The monoisotopic (exact) mass is 199 g/mol. The maximum atomic E-state index is 13.7. The van der Waals surface area contributed by atoms with E-state index in [1.807, 2.05) is 27.8 Å². The van der Waals surface area contributed by atoms with Gasteiger partial charge in [-0.2, -0.15) is 9.49 Å². The molecule has 4 heteroatoms.